The summed E-state index contributed by atoms with van der Waals surface area (Å²) >= 11 is 7.20. The normalized spacial score (nSPS) is 16.2. The smallest absolute Gasteiger partial charge is 0.270 e. The Kier molecular flexibility index (Phi) is 5.10. The molecule has 0 aliphatic carbocycles. The van der Waals surface area contributed by atoms with Gasteiger partial charge in [0, 0.05) is 0 Å². The number of hydrogen-bond acceptors (Lipinski definition) is 4. The lowest BCUT2D eigenvalue weighted by Gasteiger charge is -2.29. The van der Waals surface area contributed by atoms with Gasteiger partial charge in [-0.05, 0) is 95.7 Å². The molecular weight excluding hydrogens is 463 g/mol. The zero-order valence-electron chi connectivity index (χ0n) is 14.0. The standard InChI is InChI=1S/C19H15IN2O3S/c1-10-5-11(2)7-13(6-10)22-18(25)14(17(24)21-19(22)26)8-12-3-4-16(23)15(20)9-12/h3-9,23H,1-2H3,(H,21,24,26)/b14-8+. The van der Waals surface area contributed by atoms with E-state index in [9.17, 15) is 14.7 Å². The Balaban J connectivity index is 2.05. The van der Waals surface area contributed by atoms with Crippen LogP contribution >= 0.6 is 34.8 Å². The number of benzene rings is 2. The number of aromatic hydroxyl groups is 1. The number of rotatable bonds is 2. The second-order valence-electron chi connectivity index (χ2n) is 6.01. The minimum absolute atomic E-state index is 0.0146. The Morgan fingerprint density at radius 1 is 1.12 bits per heavy atom. The highest BCUT2D eigenvalue weighted by molar-refractivity contribution is 14.1. The van der Waals surface area contributed by atoms with Gasteiger partial charge in [-0.2, -0.15) is 0 Å². The quantitative estimate of drug-likeness (QED) is 0.301. The Morgan fingerprint density at radius 3 is 2.38 bits per heavy atom. The molecule has 5 nitrogen and oxygen atoms in total. The van der Waals surface area contributed by atoms with Gasteiger partial charge in [-0.15, -0.1) is 0 Å². The first-order valence-electron chi connectivity index (χ1n) is 7.74. The molecule has 0 aromatic heterocycles. The second kappa shape index (κ2) is 7.16. The summed E-state index contributed by atoms with van der Waals surface area (Å²) < 4.78 is 0.627. The molecule has 0 bridgehead atoms. The van der Waals surface area contributed by atoms with Crippen LogP contribution in [0.2, 0.25) is 0 Å². The molecule has 2 amide bonds. The highest BCUT2D eigenvalue weighted by Crippen LogP contribution is 2.26. The minimum Gasteiger partial charge on any atom is -0.507 e. The third-order valence-electron chi connectivity index (χ3n) is 3.85. The number of aryl methyl sites for hydroxylation is 2. The summed E-state index contributed by atoms with van der Waals surface area (Å²) in [5.41, 5.74) is 3.22. The zero-order chi connectivity index (χ0) is 19.0. The molecule has 1 fully saturated rings. The number of anilines is 1. The molecule has 26 heavy (non-hydrogen) atoms. The molecule has 7 heteroatoms. The first kappa shape index (κ1) is 18.5. The Bertz CT molecular complexity index is 964. The van der Waals surface area contributed by atoms with E-state index in [0.717, 1.165) is 11.1 Å². The zero-order valence-corrected chi connectivity index (χ0v) is 17.0. The van der Waals surface area contributed by atoms with Crippen molar-refractivity contribution in [3.05, 3.63) is 62.2 Å². The number of phenolic OH excluding ortho intramolecular Hbond substituents is 1. The van der Waals surface area contributed by atoms with Gasteiger partial charge >= 0.3 is 0 Å². The molecule has 2 N–H and O–H groups in total. The van der Waals surface area contributed by atoms with Gasteiger partial charge in [-0.1, -0.05) is 12.1 Å². The van der Waals surface area contributed by atoms with Gasteiger partial charge in [0.1, 0.15) is 11.3 Å². The van der Waals surface area contributed by atoms with E-state index < -0.39 is 11.8 Å². The Hall–Kier alpha value is -2.26. The van der Waals surface area contributed by atoms with Gasteiger partial charge in [0.25, 0.3) is 11.8 Å². The summed E-state index contributed by atoms with van der Waals surface area (Å²) in [6.45, 7) is 3.86. The molecule has 0 atom stereocenters. The lowest BCUT2D eigenvalue weighted by molar-refractivity contribution is -0.122. The molecule has 0 radical (unpaired) electrons. The van der Waals surface area contributed by atoms with Crippen LogP contribution in [0.15, 0.2) is 42.0 Å². The van der Waals surface area contributed by atoms with E-state index in [1.165, 1.54) is 17.0 Å². The average molecular weight is 478 g/mol. The van der Waals surface area contributed by atoms with Crippen molar-refractivity contribution in [3.63, 3.8) is 0 Å². The molecule has 1 aliphatic rings. The van der Waals surface area contributed by atoms with E-state index in [4.69, 9.17) is 12.2 Å². The number of hydrogen-bond donors (Lipinski definition) is 2. The van der Waals surface area contributed by atoms with Crippen molar-refractivity contribution in [2.24, 2.45) is 0 Å². The molecule has 3 rings (SSSR count). The van der Waals surface area contributed by atoms with Gasteiger partial charge in [-0.25, -0.2) is 0 Å². The van der Waals surface area contributed by atoms with Crippen LogP contribution in [0, 0.1) is 17.4 Å². The fourth-order valence-corrected chi connectivity index (χ4v) is 3.57. The number of thiocarbonyl (C=S) groups is 1. The van der Waals surface area contributed by atoms with Gasteiger partial charge in [0.15, 0.2) is 5.11 Å². The maximum Gasteiger partial charge on any atom is 0.270 e. The molecule has 1 heterocycles. The van der Waals surface area contributed by atoms with E-state index in [2.05, 4.69) is 5.32 Å². The monoisotopic (exact) mass is 478 g/mol. The predicted molar refractivity (Wildman–Crippen MR) is 113 cm³/mol. The van der Waals surface area contributed by atoms with Crippen molar-refractivity contribution < 1.29 is 14.7 Å². The van der Waals surface area contributed by atoms with Crippen LogP contribution in [0.5, 0.6) is 5.75 Å². The van der Waals surface area contributed by atoms with Crippen molar-refractivity contribution in [2.45, 2.75) is 13.8 Å². The SMILES string of the molecule is Cc1cc(C)cc(N2C(=O)/C(=C/c3ccc(O)c(I)c3)C(=O)NC2=S)c1. The fourth-order valence-electron chi connectivity index (χ4n) is 2.75. The van der Waals surface area contributed by atoms with Crippen molar-refractivity contribution in [3.8, 4) is 5.75 Å². The molecular formula is C19H15IN2O3S. The topological polar surface area (TPSA) is 69.6 Å². The van der Waals surface area contributed by atoms with E-state index >= 15 is 0 Å². The Labute approximate surface area is 169 Å². The first-order valence-corrected chi connectivity index (χ1v) is 9.23. The van der Waals surface area contributed by atoms with Crippen LogP contribution in [0.4, 0.5) is 5.69 Å². The highest BCUT2D eigenvalue weighted by atomic mass is 127. The third kappa shape index (κ3) is 3.63. The third-order valence-corrected chi connectivity index (χ3v) is 5.00. The largest absolute Gasteiger partial charge is 0.507 e. The summed E-state index contributed by atoms with van der Waals surface area (Å²) in [5.74, 6) is -0.874. The molecule has 1 aliphatic heterocycles. The first-order chi connectivity index (χ1) is 12.3. The maximum atomic E-state index is 13.0. The number of halogens is 1. The minimum atomic E-state index is -0.538. The number of nitrogens with zero attached hydrogens (tertiary/aromatic N) is 1. The fraction of sp³-hybridized carbons (Fsp3) is 0.105. The van der Waals surface area contributed by atoms with Gasteiger partial charge in [-0.3, -0.25) is 19.8 Å². The number of nitrogens with one attached hydrogen (secondary N) is 1. The summed E-state index contributed by atoms with van der Waals surface area (Å²) in [7, 11) is 0. The van der Waals surface area contributed by atoms with E-state index in [0.29, 0.717) is 14.8 Å². The lowest BCUT2D eigenvalue weighted by atomic mass is 10.1. The van der Waals surface area contributed by atoms with Crippen molar-refractivity contribution in [2.75, 3.05) is 4.90 Å². The van der Waals surface area contributed by atoms with Crippen LogP contribution in [-0.4, -0.2) is 22.0 Å². The van der Waals surface area contributed by atoms with Crippen molar-refractivity contribution in [1.82, 2.24) is 5.32 Å². The summed E-state index contributed by atoms with van der Waals surface area (Å²) in [6.07, 6.45) is 1.50. The van der Waals surface area contributed by atoms with E-state index in [1.807, 2.05) is 54.6 Å². The molecule has 2 aromatic carbocycles. The molecule has 132 valence electrons. The number of phenols is 1. The molecule has 0 saturated carbocycles. The maximum absolute atomic E-state index is 13.0. The number of amides is 2. The lowest BCUT2D eigenvalue weighted by Crippen LogP contribution is -2.54. The van der Waals surface area contributed by atoms with E-state index in [-0.39, 0.29) is 16.4 Å². The predicted octanol–water partition coefficient (Wildman–Crippen LogP) is 3.44. The van der Waals surface area contributed by atoms with Gasteiger partial charge < -0.3 is 5.11 Å². The van der Waals surface area contributed by atoms with Crippen LogP contribution in [0.1, 0.15) is 16.7 Å². The van der Waals surface area contributed by atoms with Crippen molar-refractivity contribution in [1.29, 1.82) is 0 Å². The molecule has 0 unspecified atom stereocenters. The van der Waals surface area contributed by atoms with Crippen LogP contribution in [-0.2, 0) is 9.59 Å². The van der Waals surface area contributed by atoms with Crippen molar-refractivity contribution >= 4 is 63.5 Å². The summed E-state index contributed by atoms with van der Waals surface area (Å²) in [6, 6.07) is 10.5. The van der Waals surface area contributed by atoms with Crippen LogP contribution < -0.4 is 10.2 Å². The Morgan fingerprint density at radius 2 is 1.77 bits per heavy atom. The van der Waals surface area contributed by atoms with E-state index in [1.54, 1.807) is 12.1 Å². The molecule has 1 saturated heterocycles. The van der Waals surface area contributed by atoms with Crippen LogP contribution in [0.3, 0.4) is 0 Å². The van der Waals surface area contributed by atoms with Crippen LogP contribution in [0.25, 0.3) is 6.08 Å². The summed E-state index contributed by atoms with van der Waals surface area (Å²) in [5, 5.41) is 12.3. The number of carbonyl (C=O) groups excluding carboxylic acids is 2. The highest BCUT2D eigenvalue weighted by Gasteiger charge is 2.34. The summed E-state index contributed by atoms with van der Waals surface area (Å²) in [4.78, 5) is 26.6. The molecule has 0 spiro atoms. The molecule has 2 aromatic rings. The van der Waals surface area contributed by atoms with Gasteiger partial charge in [0.05, 0.1) is 9.26 Å². The van der Waals surface area contributed by atoms with Gasteiger partial charge in [0.2, 0.25) is 0 Å². The number of carbonyl (C=O) groups is 2. The second-order valence-corrected chi connectivity index (χ2v) is 7.56. The average Bonchev–Trinajstić information content (AvgIpc) is 2.53.